The fraction of sp³-hybridized carbons (Fsp3) is 0.273. The zero-order valence-electron chi connectivity index (χ0n) is 9.39. The molecule has 18 heavy (non-hydrogen) atoms. The number of aliphatic hydroxyl groups is 1. The van der Waals surface area contributed by atoms with E-state index in [0.717, 1.165) is 0 Å². The van der Waals surface area contributed by atoms with Gasteiger partial charge in [-0.3, -0.25) is 4.79 Å². The minimum atomic E-state index is -1.47. The Balaban J connectivity index is 2.53. The van der Waals surface area contributed by atoms with Crippen LogP contribution in [0.2, 0.25) is 0 Å². The van der Waals surface area contributed by atoms with Crippen molar-refractivity contribution in [3.05, 3.63) is 28.2 Å². The number of carboxylic acid groups (broad SMARTS) is 1. The number of rotatable bonds is 5. The van der Waals surface area contributed by atoms with Crippen LogP contribution >= 0.6 is 15.9 Å². The zero-order valence-corrected chi connectivity index (χ0v) is 11.0. The fourth-order valence-corrected chi connectivity index (χ4v) is 1.80. The lowest BCUT2D eigenvalue weighted by Crippen LogP contribution is -2.30. The minimum Gasteiger partial charge on any atom is -0.479 e. The number of halogens is 1. The number of carboxylic acids is 1. The van der Waals surface area contributed by atoms with Crippen LogP contribution in [0.3, 0.4) is 0 Å². The Hall–Kier alpha value is -1.60. The summed E-state index contributed by atoms with van der Waals surface area (Å²) in [5, 5.41) is 20.0. The number of nitrogen functional groups attached to an aromatic ring is 1. The number of carbonyl (C=O) groups is 2. The van der Waals surface area contributed by atoms with Crippen LogP contribution in [0, 0.1) is 0 Å². The molecule has 0 fully saturated rings. The molecule has 1 aromatic rings. The Morgan fingerprint density at radius 3 is 2.61 bits per heavy atom. The lowest BCUT2D eigenvalue weighted by molar-refractivity contribution is -0.146. The first-order valence-corrected chi connectivity index (χ1v) is 5.94. The standard InChI is InChI=1S/C11H13BrN2O4/c12-7-3-6(4-8(13)5-7)10(16)14-2-1-9(15)11(17)18/h3-5,9,15H,1-2,13H2,(H,14,16)(H,17,18). The van der Waals surface area contributed by atoms with Crippen molar-refractivity contribution in [2.45, 2.75) is 12.5 Å². The van der Waals surface area contributed by atoms with E-state index in [1.807, 2.05) is 0 Å². The second-order valence-corrected chi connectivity index (χ2v) is 4.59. The Morgan fingerprint density at radius 1 is 1.39 bits per heavy atom. The first-order valence-electron chi connectivity index (χ1n) is 5.15. The highest BCUT2D eigenvalue weighted by Crippen LogP contribution is 2.17. The van der Waals surface area contributed by atoms with E-state index in [1.165, 1.54) is 6.07 Å². The normalized spacial score (nSPS) is 11.9. The third kappa shape index (κ3) is 4.34. The van der Waals surface area contributed by atoms with Gasteiger partial charge < -0.3 is 21.3 Å². The summed E-state index contributed by atoms with van der Waals surface area (Å²) in [7, 11) is 0. The van der Waals surface area contributed by atoms with Gasteiger partial charge in [0.15, 0.2) is 6.10 Å². The summed E-state index contributed by atoms with van der Waals surface area (Å²) in [6, 6.07) is 4.76. The first-order chi connectivity index (χ1) is 8.40. The summed E-state index contributed by atoms with van der Waals surface area (Å²) in [6.07, 6.45) is -1.53. The van der Waals surface area contributed by atoms with Crippen LogP contribution in [0.1, 0.15) is 16.8 Å². The molecule has 0 aliphatic heterocycles. The van der Waals surface area contributed by atoms with E-state index in [0.29, 0.717) is 15.7 Å². The molecule has 1 aromatic carbocycles. The van der Waals surface area contributed by atoms with Crippen molar-refractivity contribution in [2.75, 3.05) is 12.3 Å². The Morgan fingerprint density at radius 2 is 2.06 bits per heavy atom. The lowest BCUT2D eigenvalue weighted by Gasteiger charge is -2.08. The van der Waals surface area contributed by atoms with Crippen molar-refractivity contribution < 1.29 is 19.8 Å². The number of anilines is 1. The van der Waals surface area contributed by atoms with Gasteiger partial charge >= 0.3 is 5.97 Å². The number of carbonyl (C=O) groups excluding carboxylic acids is 1. The van der Waals surface area contributed by atoms with Crippen LogP contribution in [-0.2, 0) is 4.79 Å². The maximum atomic E-state index is 11.7. The Kier molecular flexibility index (Phi) is 5.11. The summed E-state index contributed by atoms with van der Waals surface area (Å²) >= 11 is 3.21. The van der Waals surface area contributed by atoms with Crippen molar-refractivity contribution in [3.63, 3.8) is 0 Å². The second kappa shape index (κ2) is 6.36. The summed E-state index contributed by atoms with van der Waals surface area (Å²) in [5.74, 6) is -1.68. The van der Waals surface area contributed by atoms with Gasteiger partial charge in [-0.25, -0.2) is 4.79 Å². The zero-order chi connectivity index (χ0) is 13.7. The van der Waals surface area contributed by atoms with E-state index in [-0.39, 0.29) is 18.9 Å². The number of benzene rings is 1. The molecule has 5 N–H and O–H groups in total. The Labute approximate surface area is 112 Å². The molecule has 0 bridgehead atoms. The van der Waals surface area contributed by atoms with Gasteiger partial charge in [0.25, 0.3) is 5.91 Å². The minimum absolute atomic E-state index is 0.0510. The van der Waals surface area contributed by atoms with E-state index < -0.39 is 12.1 Å². The average Bonchev–Trinajstić information content (AvgIpc) is 2.27. The fourth-order valence-electron chi connectivity index (χ4n) is 1.29. The molecule has 98 valence electrons. The number of nitrogens with one attached hydrogen (secondary N) is 1. The van der Waals surface area contributed by atoms with Crippen LogP contribution in [0.15, 0.2) is 22.7 Å². The molecule has 1 rings (SSSR count). The number of aliphatic carboxylic acids is 1. The van der Waals surface area contributed by atoms with Crippen molar-refractivity contribution in [1.82, 2.24) is 5.32 Å². The summed E-state index contributed by atoms with van der Waals surface area (Å²) in [5.41, 5.74) is 6.40. The molecule has 0 aromatic heterocycles. The van der Waals surface area contributed by atoms with Gasteiger partial charge in [-0.1, -0.05) is 15.9 Å². The van der Waals surface area contributed by atoms with E-state index in [4.69, 9.17) is 15.9 Å². The molecule has 1 amide bonds. The van der Waals surface area contributed by atoms with E-state index in [2.05, 4.69) is 21.2 Å². The van der Waals surface area contributed by atoms with Crippen molar-refractivity contribution in [2.24, 2.45) is 0 Å². The quantitative estimate of drug-likeness (QED) is 0.594. The molecular weight excluding hydrogens is 304 g/mol. The van der Waals surface area contributed by atoms with Crippen molar-refractivity contribution >= 4 is 33.5 Å². The van der Waals surface area contributed by atoms with Crippen LogP contribution in [0.5, 0.6) is 0 Å². The van der Waals surface area contributed by atoms with Crippen LogP contribution in [0.4, 0.5) is 5.69 Å². The predicted octanol–water partition coefficient (Wildman–Crippen LogP) is 0.597. The van der Waals surface area contributed by atoms with Crippen molar-refractivity contribution in [3.8, 4) is 0 Å². The van der Waals surface area contributed by atoms with E-state index >= 15 is 0 Å². The van der Waals surface area contributed by atoms with Crippen LogP contribution in [-0.4, -0.2) is 34.7 Å². The third-order valence-electron chi connectivity index (χ3n) is 2.17. The van der Waals surface area contributed by atoms with Gasteiger partial charge in [0.2, 0.25) is 0 Å². The SMILES string of the molecule is Nc1cc(Br)cc(C(=O)NCCC(O)C(=O)O)c1. The third-order valence-corrected chi connectivity index (χ3v) is 2.63. The smallest absolute Gasteiger partial charge is 0.332 e. The number of amides is 1. The van der Waals surface area contributed by atoms with Crippen LogP contribution in [0.25, 0.3) is 0 Å². The molecular formula is C11H13BrN2O4. The van der Waals surface area contributed by atoms with Gasteiger partial charge in [-0.05, 0) is 18.2 Å². The monoisotopic (exact) mass is 316 g/mol. The number of nitrogens with two attached hydrogens (primary N) is 1. The summed E-state index contributed by atoms with van der Waals surface area (Å²) in [6.45, 7) is 0.0682. The summed E-state index contributed by atoms with van der Waals surface area (Å²) in [4.78, 5) is 22.0. The highest BCUT2D eigenvalue weighted by atomic mass is 79.9. The predicted molar refractivity (Wildman–Crippen MR) is 69.1 cm³/mol. The highest BCUT2D eigenvalue weighted by Gasteiger charge is 2.13. The van der Waals surface area contributed by atoms with Crippen molar-refractivity contribution in [1.29, 1.82) is 0 Å². The molecule has 0 spiro atoms. The van der Waals surface area contributed by atoms with Gasteiger partial charge in [-0.15, -0.1) is 0 Å². The number of hydrogen-bond donors (Lipinski definition) is 4. The van der Waals surface area contributed by atoms with Gasteiger partial charge in [0.05, 0.1) is 0 Å². The van der Waals surface area contributed by atoms with E-state index in [9.17, 15) is 9.59 Å². The first kappa shape index (κ1) is 14.5. The molecule has 1 unspecified atom stereocenters. The maximum absolute atomic E-state index is 11.7. The van der Waals surface area contributed by atoms with E-state index in [1.54, 1.807) is 12.1 Å². The van der Waals surface area contributed by atoms with Gasteiger partial charge in [0, 0.05) is 28.7 Å². The second-order valence-electron chi connectivity index (χ2n) is 3.67. The molecule has 6 nitrogen and oxygen atoms in total. The molecule has 0 radical (unpaired) electrons. The molecule has 0 saturated carbocycles. The largest absolute Gasteiger partial charge is 0.479 e. The Bertz CT molecular complexity index is 444. The highest BCUT2D eigenvalue weighted by molar-refractivity contribution is 9.10. The summed E-state index contributed by atoms with van der Waals surface area (Å²) < 4.78 is 0.679. The molecule has 0 heterocycles. The lowest BCUT2D eigenvalue weighted by atomic mass is 10.2. The molecule has 0 aliphatic carbocycles. The number of hydrogen-bond acceptors (Lipinski definition) is 4. The maximum Gasteiger partial charge on any atom is 0.332 e. The van der Waals surface area contributed by atoms with Gasteiger partial charge in [0.1, 0.15) is 0 Å². The molecule has 0 saturated heterocycles. The average molecular weight is 317 g/mol. The molecule has 0 aliphatic rings. The van der Waals surface area contributed by atoms with Gasteiger partial charge in [-0.2, -0.15) is 0 Å². The van der Waals surface area contributed by atoms with Crippen LogP contribution < -0.4 is 11.1 Å². The number of aliphatic hydroxyl groups excluding tert-OH is 1. The topological polar surface area (TPSA) is 113 Å². The molecule has 1 atom stereocenters. The molecule has 7 heteroatoms.